The van der Waals surface area contributed by atoms with E-state index in [0.717, 1.165) is 30.8 Å². The van der Waals surface area contributed by atoms with Gasteiger partial charge in [-0.3, -0.25) is 23.9 Å². The molecule has 32 heavy (non-hydrogen) atoms. The zero-order valence-corrected chi connectivity index (χ0v) is 18.8. The van der Waals surface area contributed by atoms with Gasteiger partial charge in [-0.15, -0.1) is 0 Å². The first-order valence-electron chi connectivity index (χ1n) is 10.8. The molecule has 1 aliphatic rings. The summed E-state index contributed by atoms with van der Waals surface area (Å²) in [6, 6.07) is 0.0372. The molecule has 1 fully saturated rings. The van der Waals surface area contributed by atoms with E-state index in [9.17, 15) is 9.59 Å². The number of hydrogen-bond acceptors (Lipinski definition) is 7. The van der Waals surface area contributed by atoms with Gasteiger partial charge in [-0.2, -0.15) is 0 Å². The Morgan fingerprint density at radius 2 is 2.00 bits per heavy atom. The van der Waals surface area contributed by atoms with Gasteiger partial charge in [-0.25, -0.2) is 4.79 Å². The second-order valence-corrected chi connectivity index (χ2v) is 8.60. The Balaban J connectivity index is 1.99. The van der Waals surface area contributed by atoms with Crippen LogP contribution in [0.2, 0.25) is 0 Å². The van der Waals surface area contributed by atoms with E-state index >= 15 is 0 Å². The van der Waals surface area contributed by atoms with E-state index in [1.165, 1.54) is 15.3 Å². The van der Waals surface area contributed by atoms with E-state index in [-0.39, 0.29) is 12.6 Å². The summed E-state index contributed by atoms with van der Waals surface area (Å²) in [5.74, 6) is 0.747. The van der Waals surface area contributed by atoms with Crippen molar-refractivity contribution in [2.24, 2.45) is 12.8 Å². The lowest BCUT2D eigenvalue weighted by Crippen LogP contribution is -2.44. The maximum Gasteiger partial charge on any atom is 0.331 e. The average Bonchev–Trinajstić information content (AvgIpc) is 3.06. The minimum atomic E-state index is -0.443. The molecule has 0 aliphatic carbocycles. The van der Waals surface area contributed by atoms with Crippen LogP contribution < -0.4 is 27.6 Å². The van der Waals surface area contributed by atoms with E-state index in [4.69, 9.17) is 11.5 Å². The molecule has 0 amide bonds. The molecule has 3 aromatic heterocycles. The van der Waals surface area contributed by atoms with Crippen LogP contribution in [0, 0.1) is 0 Å². The molecular formula is C22H30N8O2. The fraction of sp³-hybridized carbons (Fsp3) is 0.455. The molecule has 1 aliphatic heterocycles. The summed E-state index contributed by atoms with van der Waals surface area (Å²) in [7, 11) is 1.64. The second-order valence-electron chi connectivity index (χ2n) is 8.60. The first-order valence-corrected chi connectivity index (χ1v) is 10.8. The molecule has 0 unspecified atom stereocenters. The quantitative estimate of drug-likeness (QED) is 0.564. The molecule has 3 aromatic rings. The summed E-state index contributed by atoms with van der Waals surface area (Å²) in [6.07, 6.45) is 8.58. The first kappa shape index (κ1) is 21.8. The molecule has 10 heteroatoms. The van der Waals surface area contributed by atoms with Crippen molar-refractivity contribution in [3.63, 3.8) is 0 Å². The van der Waals surface area contributed by atoms with Crippen molar-refractivity contribution < 1.29 is 0 Å². The van der Waals surface area contributed by atoms with Crippen LogP contribution in [0.4, 0.5) is 11.5 Å². The monoisotopic (exact) mass is 438 g/mol. The maximum absolute atomic E-state index is 13.6. The Morgan fingerprint density at radius 3 is 2.66 bits per heavy atom. The van der Waals surface area contributed by atoms with Crippen LogP contribution in [0.5, 0.6) is 0 Å². The summed E-state index contributed by atoms with van der Waals surface area (Å²) < 4.78 is 4.57. The average molecular weight is 439 g/mol. The van der Waals surface area contributed by atoms with Crippen LogP contribution >= 0.6 is 0 Å². The summed E-state index contributed by atoms with van der Waals surface area (Å²) in [6.45, 7) is 5.96. The molecule has 0 saturated carbocycles. The van der Waals surface area contributed by atoms with Gasteiger partial charge < -0.3 is 20.9 Å². The summed E-state index contributed by atoms with van der Waals surface area (Å²) in [5.41, 5.74) is 14.9. The normalized spacial score (nSPS) is 16.5. The Morgan fingerprint density at radius 1 is 1.22 bits per heavy atom. The van der Waals surface area contributed by atoms with Gasteiger partial charge >= 0.3 is 5.69 Å². The molecule has 170 valence electrons. The molecule has 1 atom stereocenters. The van der Waals surface area contributed by atoms with Crippen LogP contribution in [0.25, 0.3) is 11.0 Å². The molecule has 0 bridgehead atoms. The summed E-state index contributed by atoms with van der Waals surface area (Å²) in [5, 5.41) is 0. The molecule has 0 radical (unpaired) electrons. The smallest absolute Gasteiger partial charge is 0.331 e. The number of allylic oxidation sites excluding steroid dienone is 2. The number of piperidine rings is 1. The SMILES string of the molecule is CC(C)=CCn1c(N2CCC[C@H](N)C2)c(N)c2c1c(=O)n(Cc1cnccn1)c(=O)n2C. The van der Waals surface area contributed by atoms with Crippen molar-refractivity contribution in [1.82, 2.24) is 23.7 Å². The number of aromatic nitrogens is 5. The molecular weight excluding hydrogens is 408 g/mol. The number of aryl methyl sites for hydroxylation is 1. The topological polar surface area (TPSA) is 130 Å². The highest BCUT2D eigenvalue weighted by atomic mass is 16.2. The number of nitrogen functional groups attached to an aromatic ring is 1. The Bertz CT molecular complexity index is 1280. The number of fused-ring (bicyclic) bond motifs is 1. The van der Waals surface area contributed by atoms with Crippen molar-refractivity contribution in [1.29, 1.82) is 0 Å². The van der Waals surface area contributed by atoms with Crippen molar-refractivity contribution >= 4 is 22.5 Å². The van der Waals surface area contributed by atoms with Crippen LogP contribution in [-0.2, 0) is 20.1 Å². The minimum absolute atomic E-state index is 0.0347. The highest BCUT2D eigenvalue weighted by Gasteiger charge is 2.28. The summed E-state index contributed by atoms with van der Waals surface area (Å²) in [4.78, 5) is 37.2. The molecule has 4 rings (SSSR count). The number of hydrogen-bond donors (Lipinski definition) is 2. The van der Waals surface area contributed by atoms with E-state index in [1.807, 2.05) is 24.5 Å². The molecule has 4 heterocycles. The second kappa shape index (κ2) is 8.62. The predicted octanol–water partition coefficient (Wildman–Crippen LogP) is 0.816. The van der Waals surface area contributed by atoms with Crippen molar-refractivity contribution in [2.75, 3.05) is 23.7 Å². The van der Waals surface area contributed by atoms with E-state index in [2.05, 4.69) is 14.9 Å². The Kier molecular flexibility index (Phi) is 5.88. The summed E-state index contributed by atoms with van der Waals surface area (Å²) >= 11 is 0. The van der Waals surface area contributed by atoms with Crippen LogP contribution in [-0.4, -0.2) is 42.8 Å². The van der Waals surface area contributed by atoms with Gasteiger partial charge in [-0.05, 0) is 26.7 Å². The molecule has 0 spiro atoms. The Hall–Kier alpha value is -3.40. The van der Waals surface area contributed by atoms with Crippen LogP contribution in [0.15, 0.2) is 39.8 Å². The first-order chi connectivity index (χ1) is 15.3. The Labute approximate surface area is 185 Å². The number of nitrogens with two attached hydrogens (primary N) is 2. The van der Waals surface area contributed by atoms with Gasteiger partial charge in [0.15, 0.2) is 0 Å². The fourth-order valence-electron chi connectivity index (χ4n) is 4.37. The van der Waals surface area contributed by atoms with Gasteiger partial charge in [0.2, 0.25) is 0 Å². The highest BCUT2D eigenvalue weighted by Crippen LogP contribution is 2.34. The maximum atomic E-state index is 13.6. The zero-order chi connectivity index (χ0) is 23.0. The zero-order valence-electron chi connectivity index (χ0n) is 18.8. The molecule has 1 saturated heterocycles. The molecule has 4 N–H and O–H groups in total. The van der Waals surface area contributed by atoms with E-state index in [0.29, 0.717) is 35.5 Å². The fourth-order valence-corrected chi connectivity index (χ4v) is 4.37. The van der Waals surface area contributed by atoms with Crippen molar-refractivity contribution in [3.05, 3.63) is 56.8 Å². The molecule has 0 aromatic carbocycles. The van der Waals surface area contributed by atoms with Crippen LogP contribution in [0.3, 0.4) is 0 Å². The van der Waals surface area contributed by atoms with Gasteiger partial charge in [0.1, 0.15) is 16.9 Å². The van der Waals surface area contributed by atoms with Gasteiger partial charge in [0.25, 0.3) is 5.56 Å². The number of anilines is 2. The highest BCUT2D eigenvalue weighted by molar-refractivity contribution is 5.96. The van der Waals surface area contributed by atoms with Crippen molar-refractivity contribution in [2.45, 2.75) is 45.8 Å². The standard InChI is InChI=1S/C22H30N8O2/c1-14(2)6-10-29-19-18(17(24)20(29)28-9-4-5-15(23)12-28)27(3)22(32)30(21(19)31)13-16-11-25-7-8-26-16/h6-8,11,15H,4-5,9-10,12-13,23-24H2,1-3H3/t15-/m0/s1. The van der Waals surface area contributed by atoms with Crippen LogP contribution in [0.1, 0.15) is 32.4 Å². The van der Waals surface area contributed by atoms with E-state index in [1.54, 1.807) is 19.4 Å². The third kappa shape index (κ3) is 3.81. The third-order valence-corrected chi connectivity index (χ3v) is 5.92. The molecule has 10 nitrogen and oxygen atoms in total. The third-order valence-electron chi connectivity index (χ3n) is 5.92. The predicted molar refractivity (Wildman–Crippen MR) is 126 cm³/mol. The van der Waals surface area contributed by atoms with Gasteiger partial charge in [0, 0.05) is 45.1 Å². The van der Waals surface area contributed by atoms with Crippen molar-refractivity contribution in [3.8, 4) is 0 Å². The van der Waals surface area contributed by atoms with Gasteiger partial charge in [-0.1, -0.05) is 11.6 Å². The van der Waals surface area contributed by atoms with E-state index < -0.39 is 11.2 Å². The number of rotatable bonds is 5. The minimum Gasteiger partial charge on any atom is -0.394 e. The lowest BCUT2D eigenvalue weighted by atomic mass is 10.1. The number of nitrogens with zero attached hydrogens (tertiary/aromatic N) is 6. The lowest BCUT2D eigenvalue weighted by molar-refractivity contribution is 0.499. The largest absolute Gasteiger partial charge is 0.394 e. The van der Waals surface area contributed by atoms with Gasteiger partial charge in [0.05, 0.1) is 24.1 Å². The lowest BCUT2D eigenvalue weighted by Gasteiger charge is -2.33.